The standard InChI is InChI=1S/C21H25N3OS/c1-14-7-9-26-21(14)13-23-11-19(20(25)12-23)24-8-6-16-15-4-2-3-5-17(15)22-18(16)10-24/h2-5,7,9,19-20,22,25H,6,8,10-13H2,1H3/t19-,20-/m0/s1. The normalized spacial score (nSPS) is 24.4. The number of nitrogens with one attached hydrogen (secondary N) is 1. The second kappa shape index (κ2) is 6.50. The van der Waals surface area contributed by atoms with Gasteiger partial charge in [-0.1, -0.05) is 18.2 Å². The number of aliphatic hydroxyl groups excluding tert-OH is 1. The highest BCUT2D eigenvalue weighted by Gasteiger charge is 2.37. The summed E-state index contributed by atoms with van der Waals surface area (Å²) in [6.07, 6.45) is 0.799. The van der Waals surface area contributed by atoms with E-state index in [4.69, 9.17) is 0 Å². The lowest BCUT2D eigenvalue weighted by molar-refractivity contribution is 0.0740. The number of benzene rings is 1. The third kappa shape index (κ3) is 2.79. The molecule has 2 aromatic heterocycles. The Kier molecular flexibility index (Phi) is 4.13. The maximum absolute atomic E-state index is 10.7. The molecule has 5 heteroatoms. The molecule has 0 saturated carbocycles. The zero-order valence-corrected chi connectivity index (χ0v) is 15.9. The number of aromatic nitrogens is 1. The van der Waals surface area contributed by atoms with Gasteiger partial charge in [-0.3, -0.25) is 9.80 Å². The van der Waals surface area contributed by atoms with Crippen LogP contribution in [0.5, 0.6) is 0 Å². The maximum Gasteiger partial charge on any atom is 0.0834 e. The number of fused-ring (bicyclic) bond motifs is 3. The Morgan fingerprint density at radius 3 is 2.96 bits per heavy atom. The third-order valence-corrected chi connectivity index (χ3v) is 7.06. The summed E-state index contributed by atoms with van der Waals surface area (Å²) < 4.78 is 0. The van der Waals surface area contributed by atoms with E-state index in [2.05, 4.69) is 57.4 Å². The third-order valence-electron chi connectivity index (χ3n) is 6.05. The van der Waals surface area contributed by atoms with E-state index in [0.29, 0.717) is 0 Å². The van der Waals surface area contributed by atoms with Crippen LogP contribution in [-0.4, -0.2) is 51.7 Å². The van der Waals surface area contributed by atoms with Crippen LogP contribution in [0.1, 0.15) is 21.7 Å². The largest absolute Gasteiger partial charge is 0.390 e. The van der Waals surface area contributed by atoms with Gasteiger partial charge >= 0.3 is 0 Å². The molecule has 1 fully saturated rings. The molecule has 5 rings (SSSR count). The molecule has 0 amide bonds. The Labute approximate surface area is 158 Å². The second-order valence-corrected chi connectivity index (χ2v) is 8.70. The number of likely N-dealkylation sites (tertiary alicyclic amines) is 1. The fraction of sp³-hybridized carbons (Fsp3) is 0.429. The van der Waals surface area contributed by atoms with Gasteiger partial charge in [0.2, 0.25) is 0 Å². The number of aryl methyl sites for hydroxylation is 1. The molecule has 1 saturated heterocycles. The predicted molar refractivity (Wildman–Crippen MR) is 107 cm³/mol. The Balaban J connectivity index is 1.32. The molecule has 0 unspecified atom stereocenters. The van der Waals surface area contributed by atoms with Crippen molar-refractivity contribution in [3.05, 3.63) is 57.4 Å². The molecule has 2 aliphatic rings. The van der Waals surface area contributed by atoms with Gasteiger partial charge in [0, 0.05) is 60.2 Å². The summed E-state index contributed by atoms with van der Waals surface area (Å²) in [5.41, 5.74) is 5.40. The first-order valence-electron chi connectivity index (χ1n) is 9.45. The van der Waals surface area contributed by atoms with E-state index in [1.54, 1.807) is 0 Å². The van der Waals surface area contributed by atoms with Crippen LogP contribution < -0.4 is 0 Å². The fourth-order valence-electron chi connectivity index (χ4n) is 4.60. The lowest BCUT2D eigenvalue weighted by atomic mass is 10.0. The number of aliphatic hydroxyl groups is 1. The van der Waals surface area contributed by atoms with Crippen molar-refractivity contribution in [1.82, 2.24) is 14.8 Å². The number of rotatable bonds is 3. The second-order valence-electron chi connectivity index (χ2n) is 7.70. The molecule has 4 heterocycles. The van der Waals surface area contributed by atoms with Crippen molar-refractivity contribution in [2.75, 3.05) is 19.6 Å². The number of thiophene rings is 1. The van der Waals surface area contributed by atoms with Crippen molar-refractivity contribution in [3.8, 4) is 0 Å². The summed E-state index contributed by atoms with van der Waals surface area (Å²) >= 11 is 1.83. The van der Waals surface area contributed by atoms with Crippen LogP contribution >= 0.6 is 11.3 Å². The van der Waals surface area contributed by atoms with Crippen LogP contribution in [0.4, 0.5) is 0 Å². The lowest BCUT2D eigenvalue weighted by Crippen LogP contribution is -2.45. The number of hydrogen-bond donors (Lipinski definition) is 2. The minimum Gasteiger partial charge on any atom is -0.390 e. The minimum absolute atomic E-state index is 0.231. The number of H-pyrrole nitrogens is 1. The molecule has 2 atom stereocenters. The van der Waals surface area contributed by atoms with Crippen LogP contribution in [0, 0.1) is 6.92 Å². The van der Waals surface area contributed by atoms with Gasteiger partial charge in [0.05, 0.1) is 6.10 Å². The summed E-state index contributed by atoms with van der Waals surface area (Å²) in [6, 6.07) is 11.0. The van der Waals surface area contributed by atoms with Crippen molar-refractivity contribution in [3.63, 3.8) is 0 Å². The van der Waals surface area contributed by atoms with Gasteiger partial charge in [-0.15, -0.1) is 11.3 Å². The van der Waals surface area contributed by atoms with Crippen molar-refractivity contribution >= 4 is 22.2 Å². The zero-order valence-electron chi connectivity index (χ0n) is 15.1. The van der Waals surface area contributed by atoms with E-state index in [1.807, 2.05) is 11.3 Å². The van der Waals surface area contributed by atoms with Gasteiger partial charge in [0.25, 0.3) is 0 Å². The van der Waals surface area contributed by atoms with Gasteiger partial charge in [-0.2, -0.15) is 0 Å². The van der Waals surface area contributed by atoms with Crippen molar-refractivity contribution in [2.45, 2.75) is 38.6 Å². The first kappa shape index (κ1) is 16.5. The number of nitrogens with zero attached hydrogens (tertiary/aromatic N) is 2. The molecule has 0 radical (unpaired) electrons. The summed E-state index contributed by atoms with van der Waals surface area (Å²) in [7, 11) is 0. The molecule has 0 spiro atoms. The van der Waals surface area contributed by atoms with E-state index in [1.165, 1.54) is 32.6 Å². The Hall–Kier alpha value is -1.66. The Bertz CT molecular complexity index is 930. The zero-order chi connectivity index (χ0) is 17.7. The maximum atomic E-state index is 10.7. The molecule has 2 N–H and O–H groups in total. The molecular formula is C21H25N3OS. The van der Waals surface area contributed by atoms with Crippen molar-refractivity contribution in [2.24, 2.45) is 0 Å². The molecule has 4 nitrogen and oxygen atoms in total. The van der Waals surface area contributed by atoms with E-state index >= 15 is 0 Å². The van der Waals surface area contributed by atoms with Gasteiger partial charge < -0.3 is 10.1 Å². The van der Waals surface area contributed by atoms with Gasteiger partial charge in [-0.25, -0.2) is 0 Å². The van der Waals surface area contributed by atoms with Crippen molar-refractivity contribution < 1.29 is 5.11 Å². The molecular weight excluding hydrogens is 342 g/mol. The Morgan fingerprint density at radius 2 is 2.12 bits per heavy atom. The SMILES string of the molecule is Cc1ccsc1CN1C[C@H](O)[C@@H](N2CCc3c([nH]c4ccccc34)C2)C1. The average Bonchev–Trinajstić information content (AvgIpc) is 3.32. The monoisotopic (exact) mass is 367 g/mol. The topological polar surface area (TPSA) is 42.5 Å². The number of hydrogen-bond acceptors (Lipinski definition) is 4. The molecule has 136 valence electrons. The van der Waals surface area contributed by atoms with E-state index in [0.717, 1.165) is 39.1 Å². The van der Waals surface area contributed by atoms with E-state index in [9.17, 15) is 5.11 Å². The first-order chi connectivity index (χ1) is 12.7. The van der Waals surface area contributed by atoms with Gasteiger partial charge in [-0.05, 0) is 42.0 Å². The number of β-amino-alcohol motifs (C(OH)–C–C–N with tert-alkyl or cyclic N) is 1. The van der Waals surface area contributed by atoms with Crippen LogP contribution in [0.2, 0.25) is 0 Å². The minimum atomic E-state index is -0.263. The molecule has 2 aliphatic heterocycles. The van der Waals surface area contributed by atoms with Crippen LogP contribution in [-0.2, 0) is 19.5 Å². The molecule has 3 aromatic rings. The van der Waals surface area contributed by atoms with Crippen LogP contribution in [0.3, 0.4) is 0 Å². The first-order valence-corrected chi connectivity index (χ1v) is 10.3. The van der Waals surface area contributed by atoms with Gasteiger partial charge in [0.15, 0.2) is 0 Å². The summed E-state index contributed by atoms with van der Waals surface area (Å²) in [6.45, 7) is 6.81. The van der Waals surface area contributed by atoms with Crippen LogP contribution in [0.15, 0.2) is 35.7 Å². The highest BCUT2D eigenvalue weighted by molar-refractivity contribution is 7.10. The lowest BCUT2D eigenvalue weighted by Gasteiger charge is -2.33. The quantitative estimate of drug-likeness (QED) is 0.747. The van der Waals surface area contributed by atoms with E-state index < -0.39 is 0 Å². The Morgan fingerprint density at radius 1 is 1.23 bits per heavy atom. The molecule has 1 aromatic carbocycles. The predicted octanol–water partition coefficient (Wildman–Crippen LogP) is 3.14. The van der Waals surface area contributed by atoms with Crippen molar-refractivity contribution in [1.29, 1.82) is 0 Å². The summed E-state index contributed by atoms with van der Waals surface area (Å²) in [5.74, 6) is 0. The highest BCUT2D eigenvalue weighted by atomic mass is 32.1. The highest BCUT2D eigenvalue weighted by Crippen LogP contribution is 2.30. The number of aromatic amines is 1. The number of para-hydroxylation sites is 1. The molecule has 0 aliphatic carbocycles. The average molecular weight is 368 g/mol. The summed E-state index contributed by atoms with van der Waals surface area (Å²) in [4.78, 5) is 9.92. The summed E-state index contributed by atoms with van der Waals surface area (Å²) in [5, 5.41) is 14.2. The van der Waals surface area contributed by atoms with Gasteiger partial charge in [0.1, 0.15) is 0 Å². The smallest absolute Gasteiger partial charge is 0.0834 e. The molecule has 0 bridgehead atoms. The fourth-order valence-corrected chi connectivity index (χ4v) is 5.55. The van der Waals surface area contributed by atoms with Crippen LogP contribution in [0.25, 0.3) is 10.9 Å². The molecule has 26 heavy (non-hydrogen) atoms. The van der Waals surface area contributed by atoms with E-state index in [-0.39, 0.29) is 12.1 Å².